The normalized spacial score (nSPS) is 23.5. The third-order valence-electron chi connectivity index (χ3n) is 12.4. The Balaban J connectivity index is 0.836. The first-order chi connectivity index (χ1) is 30.6. The maximum absolute atomic E-state index is 14.9. The second-order valence-corrected chi connectivity index (χ2v) is 18.2. The highest BCUT2D eigenvalue weighted by Gasteiger charge is 2.34. The van der Waals surface area contributed by atoms with Crippen molar-refractivity contribution in [2.45, 2.75) is 121 Å². The fraction of sp³-hybridized carbons (Fsp3) is 0.545. The number of carbonyl (C=O) groups excluding carboxylic acids is 5. The number of rotatable bonds is 10. The second kappa shape index (κ2) is 18.5. The fourth-order valence-corrected chi connectivity index (χ4v) is 9.17. The van der Waals surface area contributed by atoms with Gasteiger partial charge in [-0.05, 0) is 89.5 Å². The standard InChI is InChI=1S/C44H54F3N11O6/c1-44(2,3)64-43(63)50-29-20-27(45)22-56(23-29)35-16-19-57-39(52-35)33(21-48-57)42(62)51-34-24-58(54-37(34)38(46)47)31-10-6-26(7-11-31)40(60)49-28-14-17-55(18-15-28)30-8-4-25(5-9-30)32-12-13-36(59)53-41(32)61/h4-5,8-9,16,19,21,24,26-29,31-32,38H,6-7,10-15,17-18,20,22-23H2,1-3H3,(H,49,60)(H,50,63)(H,51,62)(H,53,59,61)/t26?,27-,29-,31?,32?/m1/s1. The number of halogens is 3. The van der Waals surface area contributed by atoms with Crippen molar-refractivity contribution in [1.29, 1.82) is 0 Å². The minimum absolute atomic E-state index is 0.00324. The molecule has 0 bridgehead atoms. The number of piperidine rings is 3. The van der Waals surface area contributed by atoms with E-state index >= 15 is 0 Å². The Morgan fingerprint density at radius 3 is 2.33 bits per heavy atom. The summed E-state index contributed by atoms with van der Waals surface area (Å²) in [6, 6.07) is 8.70. The number of benzene rings is 1. The van der Waals surface area contributed by atoms with Crippen LogP contribution in [0.15, 0.2) is 48.9 Å². The molecule has 64 heavy (non-hydrogen) atoms. The van der Waals surface area contributed by atoms with Crippen LogP contribution in [-0.4, -0.2) is 104 Å². The van der Waals surface area contributed by atoms with Gasteiger partial charge >= 0.3 is 6.09 Å². The molecule has 4 aliphatic rings. The first kappa shape index (κ1) is 44.4. The number of fused-ring (bicyclic) bond motifs is 1. The van der Waals surface area contributed by atoms with Crippen LogP contribution in [0.3, 0.4) is 0 Å². The molecule has 1 aliphatic carbocycles. The number of hydrogen-bond acceptors (Lipinski definition) is 11. The summed E-state index contributed by atoms with van der Waals surface area (Å²) in [5.74, 6) is -1.46. The number of carbonyl (C=O) groups is 5. The maximum Gasteiger partial charge on any atom is 0.407 e. The minimum Gasteiger partial charge on any atom is -0.444 e. The van der Waals surface area contributed by atoms with Crippen LogP contribution >= 0.6 is 0 Å². The number of imide groups is 1. The first-order valence-corrected chi connectivity index (χ1v) is 22.0. The highest BCUT2D eigenvalue weighted by molar-refractivity contribution is 6.08. The van der Waals surface area contributed by atoms with Crippen LogP contribution in [0.4, 0.5) is 35.2 Å². The summed E-state index contributed by atoms with van der Waals surface area (Å²) < 4.78 is 51.8. The molecule has 6 heterocycles. The summed E-state index contributed by atoms with van der Waals surface area (Å²) >= 11 is 0. The molecular formula is C44H54F3N11O6. The van der Waals surface area contributed by atoms with E-state index < -0.39 is 41.9 Å². The quantitative estimate of drug-likeness (QED) is 0.145. The average Bonchev–Trinajstić information content (AvgIpc) is 3.88. The van der Waals surface area contributed by atoms with E-state index in [0.717, 1.165) is 37.2 Å². The van der Waals surface area contributed by atoms with Gasteiger partial charge < -0.3 is 30.5 Å². The summed E-state index contributed by atoms with van der Waals surface area (Å²) in [5, 5.41) is 19.3. The van der Waals surface area contributed by atoms with E-state index in [9.17, 15) is 37.1 Å². The summed E-state index contributed by atoms with van der Waals surface area (Å²) in [6.07, 6.45) is 3.95. The lowest BCUT2D eigenvalue weighted by molar-refractivity contribution is -0.134. The number of alkyl halides is 3. The minimum atomic E-state index is -2.98. The van der Waals surface area contributed by atoms with Gasteiger partial charge in [0, 0.05) is 62.5 Å². The molecule has 4 aromatic rings. The van der Waals surface area contributed by atoms with E-state index in [1.165, 1.54) is 21.6 Å². The van der Waals surface area contributed by atoms with Crippen LogP contribution in [-0.2, 0) is 19.1 Å². The van der Waals surface area contributed by atoms with Crippen molar-refractivity contribution >= 4 is 52.6 Å². The van der Waals surface area contributed by atoms with Crippen LogP contribution in [0.5, 0.6) is 0 Å². The van der Waals surface area contributed by atoms with Gasteiger partial charge in [0.2, 0.25) is 17.7 Å². The van der Waals surface area contributed by atoms with E-state index in [4.69, 9.17) is 4.74 Å². The molecule has 1 saturated carbocycles. The predicted molar refractivity (Wildman–Crippen MR) is 229 cm³/mol. The van der Waals surface area contributed by atoms with Gasteiger partial charge in [0.25, 0.3) is 12.3 Å². The lowest BCUT2D eigenvalue weighted by Gasteiger charge is -2.36. The SMILES string of the molecule is CC(C)(C)OC(=O)N[C@@H]1C[C@@H](F)CN(c2ccn3ncc(C(=O)Nc4cn(C5CCC(C(=O)NC6CCN(c7ccc(C8CCC(=O)NC8=O)cc7)CC6)CC5)nc4C(F)F)c3n2)C1. The zero-order chi connectivity index (χ0) is 45.3. The Hall–Kier alpha value is -6.21. The Bertz CT molecular complexity index is 2370. The van der Waals surface area contributed by atoms with Gasteiger partial charge in [-0.2, -0.15) is 10.2 Å². The number of ether oxygens (including phenoxy) is 1. The summed E-state index contributed by atoms with van der Waals surface area (Å²) in [7, 11) is 0. The van der Waals surface area contributed by atoms with Crippen molar-refractivity contribution < 1.29 is 41.9 Å². The molecule has 17 nitrogen and oxygen atoms in total. The molecule has 3 aliphatic heterocycles. The average molecular weight is 890 g/mol. The monoisotopic (exact) mass is 889 g/mol. The molecule has 20 heteroatoms. The molecule has 0 spiro atoms. The molecule has 5 amide bonds. The van der Waals surface area contributed by atoms with E-state index in [1.807, 2.05) is 24.3 Å². The molecular weight excluding hydrogens is 836 g/mol. The van der Waals surface area contributed by atoms with Crippen molar-refractivity contribution in [2.24, 2.45) is 5.92 Å². The second-order valence-electron chi connectivity index (χ2n) is 18.2. The van der Waals surface area contributed by atoms with Gasteiger partial charge in [0.05, 0.1) is 36.4 Å². The van der Waals surface area contributed by atoms with Crippen LogP contribution in [0.1, 0.15) is 119 Å². The topological polar surface area (TPSA) is 197 Å². The number of nitrogens with zero attached hydrogens (tertiary/aromatic N) is 7. The van der Waals surface area contributed by atoms with Crippen molar-refractivity contribution in [1.82, 2.24) is 40.3 Å². The van der Waals surface area contributed by atoms with Crippen LogP contribution < -0.4 is 31.1 Å². The highest BCUT2D eigenvalue weighted by atomic mass is 19.3. The Morgan fingerprint density at radius 2 is 1.64 bits per heavy atom. The van der Waals surface area contributed by atoms with Gasteiger partial charge in [-0.1, -0.05) is 12.1 Å². The number of anilines is 3. The van der Waals surface area contributed by atoms with E-state index in [1.54, 1.807) is 37.9 Å². The van der Waals surface area contributed by atoms with Gasteiger partial charge in [-0.25, -0.2) is 27.5 Å². The van der Waals surface area contributed by atoms with Crippen molar-refractivity contribution in [3.8, 4) is 0 Å². The number of nitrogens with one attached hydrogen (secondary N) is 4. The van der Waals surface area contributed by atoms with E-state index in [0.29, 0.717) is 44.3 Å². The summed E-state index contributed by atoms with van der Waals surface area (Å²) in [6.45, 7) is 6.94. The van der Waals surface area contributed by atoms with Crippen LogP contribution in [0.25, 0.3) is 5.65 Å². The summed E-state index contributed by atoms with van der Waals surface area (Å²) in [5.41, 5.74) is 0.587. The first-order valence-electron chi connectivity index (χ1n) is 22.0. The van der Waals surface area contributed by atoms with E-state index in [-0.39, 0.29) is 78.0 Å². The van der Waals surface area contributed by atoms with E-state index in [2.05, 4.69) is 41.3 Å². The summed E-state index contributed by atoms with van der Waals surface area (Å²) in [4.78, 5) is 71.8. The van der Waals surface area contributed by atoms with Gasteiger partial charge in [0.1, 0.15) is 23.2 Å². The Morgan fingerprint density at radius 1 is 0.906 bits per heavy atom. The number of hydrogen-bond donors (Lipinski definition) is 4. The third kappa shape index (κ3) is 10.3. The Kier molecular flexibility index (Phi) is 12.8. The van der Waals surface area contributed by atoms with Gasteiger partial charge in [-0.3, -0.25) is 29.2 Å². The smallest absolute Gasteiger partial charge is 0.407 e. The van der Waals surface area contributed by atoms with Crippen molar-refractivity contribution in [3.63, 3.8) is 0 Å². The van der Waals surface area contributed by atoms with Crippen LogP contribution in [0, 0.1) is 5.92 Å². The molecule has 1 aromatic carbocycles. The zero-order valence-electron chi connectivity index (χ0n) is 36.1. The third-order valence-corrected chi connectivity index (χ3v) is 12.4. The molecule has 3 atom stereocenters. The van der Waals surface area contributed by atoms with Gasteiger partial charge in [-0.15, -0.1) is 0 Å². The molecule has 8 rings (SSSR count). The molecule has 3 aromatic heterocycles. The molecule has 1 unspecified atom stereocenters. The predicted octanol–water partition coefficient (Wildman–Crippen LogP) is 5.59. The zero-order valence-corrected chi connectivity index (χ0v) is 36.1. The molecule has 4 N–H and O–H groups in total. The van der Waals surface area contributed by atoms with Crippen molar-refractivity contribution in [2.75, 3.05) is 41.3 Å². The number of amides is 5. The number of alkyl carbamates (subject to hydrolysis) is 1. The van der Waals surface area contributed by atoms with Crippen molar-refractivity contribution in [3.05, 3.63) is 65.7 Å². The maximum atomic E-state index is 14.9. The lowest BCUT2D eigenvalue weighted by Crippen LogP contribution is -2.52. The molecule has 0 radical (unpaired) electrons. The lowest BCUT2D eigenvalue weighted by atomic mass is 9.85. The highest BCUT2D eigenvalue weighted by Crippen LogP contribution is 2.36. The van der Waals surface area contributed by atoms with Crippen LogP contribution in [0.2, 0.25) is 0 Å². The number of aromatic nitrogens is 5. The van der Waals surface area contributed by atoms with Gasteiger partial charge in [0.15, 0.2) is 11.3 Å². The largest absolute Gasteiger partial charge is 0.444 e. The molecule has 4 fully saturated rings. The Labute approximate surface area is 367 Å². The molecule has 3 saturated heterocycles. The molecule has 342 valence electrons. The fourth-order valence-electron chi connectivity index (χ4n) is 9.17.